The number of amidine groups is 1. The monoisotopic (exact) mass is 192 g/mol. The molecule has 5 heteroatoms. The number of amides is 2. The molecule has 74 valence electrons. The molecule has 1 aromatic carbocycles. The van der Waals surface area contributed by atoms with Gasteiger partial charge in [0.05, 0.1) is 0 Å². The molecule has 0 atom stereocenters. The van der Waals surface area contributed by atoms with Crippen molar-refractivity contribution in [3.63, 3.8) is 0 Å². The van der Waals surface area contributed by atoms with Gasteiger partial charge in [-0.1, -0.05) is 12.1 Å². The second-order valence-electron chi connectivity index (χ2n) is 2.68. The van der Waals surface area contributed by atoms with Crippen molar-refractivity contribution in [3.8, 4) is 0 Å². The Kier molecular flexibility index (Phi) is 3.06. The standard InChI is InChI=1S/C9H12N4O/c1-12-8(10)6-3-2-4-7(5-6)13-9(11)14/h2-5H,1H3,(H2,10,12)(H3,11,13,14). The lowest BCUT2D eigenvalue weighted by molar-refractivity contribution is 0.259. The smallest absolute Gasteiger partial charge is 0.316 e. The number of anilines is 1. The van der Waals surface area contributed by atoms with Crippen LogP contribution < -0.4 is 16.8 Å². The molecule has 14 heavy (non-hydrogen) atoms. The molecule has 0 saturated heterocycles. The number of primary amides is 1. The van der Waals surface area contributed by atoms with Crippen LogP contribution >= 0.6 is 0 Å². The van der Waals surface area contributed by atoms with Gasteiger partial charge < -0.3 is 16.8 Å². The van der Waals surface area contributed by atoms with Crippen molar-refractivity contribution in [1.29, 1.82) is 0 Å². The zero-order valence-corrected chi connectivity index (χ0v) is 7.82. The molecule has 0 aromatic heterocycles. The molecule has 0 saturated carbocycles. The van der Waals surface area contributed by atoms with Crippen molar-refractivity contribution in [2.45, 2.75) is 0 Å². The van der Waals surface area contributed by atoms with Crippen LogP contribution in [0.1, 0.15) is 5.56 Å². The molecule has 0 aliphatic heterocycles. The number of aliphatic imine (C=N–C) groups is 1. The minimum absolute atomic E-state index is 0.415. The summed E-state index contributed by atoms with van der Waals surface area (Å²) in [7, 11) is 1.60. The Hall–Kier alpha value is -2.04. The molecule has 0 radical (unpaired) electrons. The van der Waals surface area contributed by atoms with Crippen molar-refractivity contribution < 1.29 is 4.79 Å². The van der Waals surface area contributed by atoms with Gasteiger partial charge in [-0.05, 0) is 12.1 Å². The summed E-state index contributed by atoms with van der Waals surface area (Å²) in [4.78, 5) is 14.4. The van der Waals surface area contributed by atoms with Crippen LogP contribution in [0.4, 0.5) is 10.5 Å². The first-order valence-corrected chi connectivity index (χ1v) is 4.02. The quantitative estimate of drug-likeness (QED) is 0.470. The Morgan fingerprint density at radius 2 is 2.14 bits per heavy atom. The maximum Gasteiger partial charge on any atom is 0.316 e. The average Bonchev–Trinajstić information content (AvgIpc) is 2.16. The molecule has 0 unspecified atom stereocenters. The molecule has 0 spiro atoms. The molecule has 2 amide bonds. The summed E-state index contributed by atoms with van der Waals surface area (Å²) in [5.41, 5.74) is 11.9. The highest BCUT2D eigenvalue weighted by Gasteiger charge is 2.00. The van der Waals surface area contributed by atoms with Gasteiger partial charge >= 0.3 is 6.03 Å². The zero-order chi connectivity index (χ0) is 10.6. The lowest BCUT2D eigenvalue weighted by Crippen LogP contribution is -2.20. The van der Waals surface area contributed by atoms with Gasteiger partial charge in [0.2, 0.25) is 0 Å². The number of hydrogen-bond acceptors (Lipinski definition) is 2. The molecule has 0 heterocycles. The topological polar surface area (TPSA) is 93.5 Å². The summed E-state index contributed by atoms with van der Waals surface area (Å²) in [6, 6.07) is 6.38. The van der Waals surface area contributed by atoms with E-state index in [1.165, 1.54) is 0 Å². The first kappa shape index (κ1) is 10.0. The number of nitrogens with one attached hydrogen (secondary N) is 1. The van der Waals surface area contributed by atoms with Crippen LogP contribution in [-0.4, -0.2) is 18.9 Å². The predicted octanol–water partition coefficient (Wildman–Crippen LogP) is 0.512. The minimum atomic E-state index is -0.603. The van der Waals surface area contributed by atoms with Crippen LogP contribution in [0.5, 0.6) is 0 Å². The first-order chi connectivity index (χ1) is 6.63. The Morgan fingerprint density at radius 1 is 1.43 bits per heavy atom. The fourth-order valence-corrected chi connectivity index (χ4v) is 1.03. The van der Waals surface area contributed by atoms with Crippen LogP contribution in [0.25, 0.3) is 0 Å². The molecule has 5 nitrogen and oxygen atoms in total. The molecule has 1 aromatic rings. The molecule has 1 rings (SSSR count). The summed E-state index contributed by atoms with van der Waals surface area (Å²) in [5.74, 6) is 0.415. The van der Waals surface area contributed by atoms with Crippen LogP contribution in [0, 0.1) is 0 Å². The Morgan fingerprint density at radius 3 is 2.71 bits per heavy atom. The third-order valence-electron chi connectivity index (χ3n) is 1.67. The van der Waals surface area contributed by atoms with Crippen LogP contribution in [0.3, 0.4) is 0 Å². The number of urea groups is 1. The number of carbonyl (C=O) groups is 1. The maximum absolute atomic E-state index is 10.6. The summed E-state index contributed by atoms with van der Waals surface area (Å²) < 4.78 is 0. The van der Waals surface area contributed by atoms with Crippen molar-refractivity contribution in [2.24, 2.45) is 16.5 Å². The average molecular weight is 192 g/mol. The third-order valence-corrected chi connectivity index (χ3v) is 1.67. The Labute approximate surface area is 81.8 Å². The van der Waals surface area contributed by atoms with Gasteiger partial charge in [0, 0.05) is 18.3 Å². The lowest BCUT2D eigenvalue weighted by atomic mass is 10.2. The largest absolute Gasteiger partial charge is 0.384 e. The van der Waals surface area contributed by atoms with Crippen LogP contribution in [-0.2, 0) is 0 Å². The van der Waals surface area contributed by atoms with Gasteiger partial charge in [-0.2, -0.15) is 0 Å². The number of nitrogens with two attached hydrogens (primary N) is 2. The van der Waals surface area contributed by atoms with Gasteiger partial charge in [0.25, 0.3) is 0 Å². The maximum atomic E-state index is 10.6. The Balaban J connectivity index is 2.95. The summed E-state index contributed by atoms with van der Waals surface area (Å²) >= 11 is 0. The molecule has 5 N–H and O–H groups in total. The van der Waals surface area contributed by atoms with Crippen LogP contribution in [0.15, 0.2) is 29.3 Å². The van der Waals surface area contributed by atoms with Gasteiger partial charge in [0.15, 0.2) is 0 Å². The van der Waals surface area contributed by atoms with E-state index >= 15 is 0 Å². The summed E-state index contributed by atoms with van der Waals surface area (Å²) in [6.07, 6.45) is 0. The van der Waals surface area contributed by atoms with Crippen molar-refractivity contribution in [1.82, 2.24) is 0 Å². The fraction of sp³-hybridized carbons (Fsp3) is 0.111. The normalized spacial score (nSPS) is 11.1. The summed E-state index contributed by atoms with van der Waals surface area (Å²) in [5, 5.41) is 2.45. The van der Waals surface area contributed by atoms with E-state index in [1.807, 2.05) is 0 Å². The second-order valence-corrected chi connectivity index (χ2v) is 2.68. The molecule has 0 bridgehead atoms. The zero-order valence-electron chi connectivity index (χ0n) is 7.82. The highest BCUT2D eigenvalue weighted by molar-refractivity contribution is 5.99. The van der Waals surface area contributed by atoms with Crippen molar-refractivity contribution in [2.75, 3.05) is 12.4 Å². The van der Waals surface area contributed by atoms with Gasteiger partial charge in [-0.3, -0.25) is 4.99 Å². The van der Waals surface area contributed by atoms with Crippen molar-refractivity contribution in [3.05, 3.63) is 29.8 Å². The van der Waals surface area contributed by atoms with Gasteiger partial charge in [-0.25, -0.2) is 4.79 Å². The first-order valence-electron chi connectivity index (χ1n) is 4.02. The number of benzene rings is 1. The molecular weight excluding hydrogens is 180 g/mol. The summed E-state index contributed by atoms with van der Waals surface area (Å²) in [6.45, 7) is 0. The van der Waals surface area contributed by atoms with Gasteiger partial charge in [-0.15, -0.1) is 0 Å². The number of carbonyl (C=O) groups excluding carboxylic acids is 1. The molecule has 0 fully saturated rings. The lowest BCUT2D eigenvalue weighted by Gasteiger charge is -2.04. The number of rotatable bonds is 2. The van der Waals surface area contributed by atoms with E-state index in [9.17, 15) is 4.79 Å². The van der Waals surface area contributed by atoms with Crippen LogP contribution in [0.2, 0.25) is 0 Å². The number of nitrogens with zero attached hydrogens (tertiary/aromatic N) is 1. The Bertz CT molecular complexity index is 373. The molecule has 0 aliphatic rings. The highest BCUT2D eigenvalue weighted by Crippen LogP contribution is 2.09. The SMILES string of the molecule is CN=C(N)c1cccc(NC(N)=O)c1. The number of hydrogen-bond donors (Lipinski definition) is 3. The molecular formula is C9H12N4O. The van der Waals surface area contributed by atoms with E-state index in [1.54, 1.807) is 31.3 Å². The predicted molar refractivity (Wildman–Crippen MR) is 56.3 cm³/mol. The van der Waals surface area contributed by atoms with E-state index in [2.05, 4.69) is 10.3 Å². The second kappa shape index (κ2) is 4.27. The van der Waals surface area contributed by atoms with E-state index < -0.39 is 6.03 Å². The van der Waals surface area contributed by atoms with Gasteiger partial charge in [0.1, 0.15) is 5.84 Å². The fourth-order valence-electron chi connectivity index (χ4n) is 1.03. The van der Waals surface area contributed by atoms with E-state index in [-0.39, 0.29) is 0 Å². The van der Waals surface area contributed by atoms with E-state index in [0.29, 0.717) is 11.5 Å². The minimum Gasteiger partial charge on any atom is -0.384 e. The van der Waals surface area contributed by atoms with E-state index in [0.717, 1.165) is 5.56 Å². The molecule has 0 aliphatic carbocycles. The third kappa shape index (κ3) is 2.48. The highest BCUT2D eigenvalue weighted by atomic mass is 16.2. The van der Waals surface area contributed by atoms with E-state index in [4.69, 9.17) is 11.5 Å². The van der Waals surface area contributed by atoms with Crippen molar-refractivity contribution >= 4 is 17.6 Å².